The zero-order valence-electron chi connectivity index (χ0n) is 20.8. The van der Waals surface area contributed by atoms with Gasteiger partial charge in [-0.25, -0.2) is 9.67 Å². The molecule has 0 radical (unpaired) electrons. The third-order valence-corrected chi connectivity index (χ3v) is 7.35. The molecule has 37 heavy (non-hydrogen) atoms. The number of aryl methyl sites for hydroxylation is 1. The van der Waals surface area contributed by atoms with Gasteiger partial charge in [-0.2, -0.15) is 5.10 Å². The molecule has 0 bridgehead atoms. The van der Waals surface area contributed by atoms with Crippen molar-refractivity contribution >= 4 is 28.5 Å². The van der Waals surface area contributed by atoms with Crippen molar-refractivity contribution in [2.75, 3.05) is 11.9 Å². The van der Waals surface area contributed by atoms with Gasteiger partial charge in [-0.15, -0.1) is 0 Å². The number of fused-ring (bicyclic) bond motifs is 1. The number of carbonyl (C=O) groups is 2. The Balaban J connectivity index is 1.27. The minimum Gasteiger partial charge on any atom is -0.368 e. The molecule has 1 aliphatic carbocycles. The Kier molecular flexibility index (Phi) is 6.21. The van der Waals surface area contributed by atoms with Gasteiger partial charge >= 0.3 is 0 Å². The van der Waals surface area contributed by atoms with Crippen LogP contribution in [0.15, 0.2) is 54.9 Å². The first-order valence-electron chi connectivity index (χ1n) is 12.9. The summed E-state index contributed by atoms with van der Waals surface area (Å²) in [7, 11) is 1.98. The standard InChI is InChI=1S/C28H30N6O3/c1-33-25-22(31-26(33)19-7-3-8-19)15-20(16-23(25)32-28(36)24-10-4-13-37-24)27(35)29-17-18-6-2-9-21(14-18)34-12-5-11-30-34/h2,5-6,9,11-12,14-16,19,24H,3-4,7-8,10,13,17H2,1H3,(H,29,35)(H,32,36)/t24-/m0/s1. The van der Waals surface area contributed by atoms with Gasteiger partial charge in [0, 0.05) is 44.1 Å². The van der Waals surface area contributed by atoms with E-state index in [0.717, 1.165) is 41.9 Å². The van der Waals surface area contributed by atoms with Gasteiger partial charge in [-0.05, 0) is 61.6 Å². The molecule has 2 aromatic heterocycles. The summed E-state index contributed by atoms with van der Waals surface area (Å²) < 4.78 is 9.42. The molecule has 3 heterocycles. The molecule has 2 aromatic carbocycles. The van der Waals surface area contributed by atoms with Crippen molar-refractivity contribution in [1.29, 1.82) is 0 Å². The van der Waals surface area contributed by atoms with Gasteiger partial charge in [0.1, 0.15) is 11.9 Å². The molecule has 9 heteroatoms. The highest BCUT2D eigenvalue weighted by atomic mass is 16.5. The Labute approximate surface area is 214 Å². The SMILES string of the molecule is Cn1c(C2CCC2)nc2cc(C(=O)NCc3cccc(-n4cccn4)c3)cc(NC(=O)[C@@H]3CCCO3)c21. The van der Waals surface area contributed by atoms with Gasteiger partial charge in [-0.3, -0.25) is 9.59 Å². The van der Waals surface area contributed by atoms with Crippen LogP contribution in [0.1, 0.15) is 59.8 Å². The van der Waals surface area contributed by atoms with Crippen molar-refractivity contribution in [2.45, 2.75) is 50.7 Å². The monoisotopic (exact) mass is 498 g/mol. The lowest BCUT2D eigenvalue weighted by Gasteiger charge is -2.24. The first-order valence-corrected chi connectivity index (χ1v) is 12.9. The molecule has 1 atom stereocenters. The Bertz CT molecular complexity index is 1450. The number of nitrogens with one attached hydrogen (secondary N) is 2. The maximum atomic E-state index is 13.3. The molecule has 6 rings (SSSR count). The van der Waals surface area contributed by atoms with Crippen LogP contribution in [0.25, 0.3) is 16.7 Å². The highest BCUT2D eigenvalue weighted by Crippen LogP contribution is 2.38. The number of amides is 2. The van der Waals surface area contributed by atoms with Crippen molar-refractivity contribution in [3.05, 3.63) is 71.8 Å². The van der Waals surface area contributed by atoms with Crippen LogP contribution < -0.4 is 10.6 Å². The summed E-state index contributed by atoms with van der Waals surface area (Å²) in [6, 6.07) is 13.3. The molecule has 2 aliphatic rings. The molecular formula is C28H30N6O3. The average Bonchev–Trinajstić information content (AvgIpc) is 3.64. The van der Waals surface area contributed by atoms with Crippen molar-refractivity contribution in [3.8, 4) is 5.69 Å². The van der Waals surface area contributed by atoms with Gasteiger partial charge < -0.3 is 19.9 Å². The Hall–Kier alpha value is -3.98. The predicted octanol–water partition coefficient (Wildman–Crippen LogP) is 4.07. The van der Waals surface area contributed by atoms with E-state index in [4.69, 9.17) is 9.72 Å². The van der Waals surface area contributed by atoms with Crippen molar-refractivity contribution < 1.29 is 14.3 Å². The summed E-state index contributed by atoms with van der Waals surface area (Å²) >= 11 is 0. The maximum absolute atomic E-state index is 13.3. The summed E-state index contributed by atoms with van der Waals surface area (Å²) in [6.07, 6.45) is 8.14. The van der Waals surface area contributed by atoms with E-state index >= 15 is 0 Å². The Morgan fingerprint density at radius 3 is 2.73 bits per heavy atom. The molecule has 1 saturated carbocycles. The van der Waals surface area contributed by atoms with Crippen molar-refractivity contribution in [2.24, 2.45) is 7.05 Å². The van der Waals surface area contributed by atoms with Crippen LogP contribution in [-0.4, -0.2) is 43.9 Å². The van der Waals surface area contributed by atoms with E-state index in [0.29, 0.717) is 42.3 Å². The number of ether oxygens (including phenoxy) is 1. The fourth-order valence-corrected chi connectivity index (χ4v) is 5.14. The summed E-state index contributed by atoms with van der Waals surface area (Å²) in [5.74, 6) is 1.01. The second-order valence-corrected chi connectivity index (χ2v) is 9.84. The topological polar surface area (TPSA) is 103 Å². The zero-order valence-corrected chi connectivity index (χ0v) is 20.8. The van der Waals surface area contributed by atoms with Gasteiger partial charge in [-0.1, -0.05) is 18.6 Å². The maximum Gasteiger partial charge on any atom is 0.253 e. The van der Waals surface area contributed by atoms with Gasteiger partial charge in [0.15, 0.2) is 0 Å². The number of hydrogen-bond acceptors (Lipinski definition) is 5. The van der Waals surface area contributed by atoms with Crippen LogP contribution in [0.2, 0.25) is 0 Å². The Morgan fingerprint density at radius 1 is 1.11 bits per heavy atom. The summed E-state index contributed by atoms with van der Waals surface area (Å²) in [6.45, 7) is 0.953. The third kappa shape index (κ3) is 4.62. The molecule has 190 valence electrons. The summed E-state index contributed by atoms with van der Waals surface area (Å²) in [5, 5.41) is 10.3. The second-order valence-electron chi connectivity index (χ2n) is 9.84. The average molecular weight is 499 g/mol. The number of hydrogen-bond donors (Lipinski definition) is 2. The first kappa shape index (κ1) is 23.4. The largest absolute Gasteiger partial charge is 0.368 e. The van der Waals surface area contributed by atoms with Crippen LogP contribution in [0.3, 0.4) is 0 Å². The number of aromatic nitrogens is 4. The highest BCUT2D eigenvalue weighted by molar-refractivity contribution is 6.06. The molecule has 1 saturated heterocycles. The van der Waals surface area contributed by atoms with Crippen molar-refractivity contribution in [3.63, 3.8) is 0 Å². The lowest BCUT2D eigenvalue weighted by molar-refractivity contribution is -0.124. The second kappa shape index (κ2) is 9.82. The molecule has 2 N–H and O–H groups in total. The van der Waals surface area contributed by atoms with E-state index in [1.165, 1.54) is 6.42 Å². The van der Waals surface area contributed by atoms with E-state index in [1.807, 2.05) is 49.6 Å². The first-order chi connectivity index (χ1) is 18.1. The molecule has 9 nitrogen and oxygen atoms in total. The van der Waals surface area contributed by atoms with Gasteiger partial charge in [0.05, 0.1) is 22.4 Å². The van der Waals surface area contributed by atoms with Crippen LogP contribution in [0.5, 0.6) is 0 Å². The number of imidazole rings is 1. The van der Waals surface area contributed by atoms with Gasteiger partial charge in [0.25, 0.3) is 11.8 Å². The van der Waals surface area contributed by atoms with Crippen LogP contribution in [-0.2, 0) is 23.1 Å². The highest BCUT2D eigenvalue weighted by Gasteiger charge is 2.28. The number of rotatable bonds is 7. The predicted molar refractivity (Wildman–Crippen MR) is 140 cm³/mol. The lowest BCUT2D eigenvalue weighted by Crippen LogP contribution is -2.27. The lowest BCUT2D eigenvalue weighted by atomic mass is 9.85. The van der Waals surface area contributed by atoms with E-state index in [2.05, 4.69) is 20.3 Å². The number of benzene rings is 2. The van der Waals surface area contributed by atoms with E-state index in [9.17, 15) is 9.59 Å². The van der Waals surface area contributed by atoms with E-state index in [-0.39, 0.29) is 11.8 Å². The number of carbonyl (C=O) groups excluding carboxylic acids is 2. The fourth-order valence-electron chi connectivity index (χ4n) is 5.14. The molecular weight excluding hydrogens is 468 g/mol. The quantitative estimate of drug-likeness (QED) is 0.400. The number of anilines is 1. The smallest absolute Gasteiger partial charge is 0.253 e. The van der Waals surface area contributed by atoms with E-state index < -0.39 is 6.10 Å². The van der Waals surface area contributed by atoms with Crippen LogP contribution in [0.4, 0.5) is 5.69 Å². The third-order valence-electron chi connectivity index (χ3n) is 7.35. The summed E-state index contributed by atoms with van der Waals surface area (Å²) in [4.78, 5) is 31.1. The molecule has 0 spiro atoms. The number of nitrogens with zero attached hydrogens (tertiary/aromatic N) is 4. The minimum atomic E-state index is -0.464. The van der Waals surface area contributed by atoms with Crippen LogP contribution >= 0.6 is 0 Å². The molecule has 4 aromatic rings. The summed E-state index contributed by atoms with van der Waals surface area (Å²) in [5.41, 5.74) is 4.46. The molecule has 0 unspecified atom stereocenters. The van der Waals surface area contributed by atoms with E-state index in [1.54, 1.807) is 16.9 Å². The molecule has 1 aliphatic heterocycles. The zero-order chi connectivity index (χ0) is 25.4. The van der Waals surface area contributed by atoms with Crippen LogP contribution in [0, 0.1) is 0 Å². The molecule has 2 fully saturated rings. The fraction of sp³-hybridized carbons (Fsp3) is 0.357. The molecule has 2 amide bonds. The van der Waals surface area contributed by atoms with Crippen molar-refractivity contribution in [1.82, 2.24) is 24.6 Å². The Morgan fingerprint density at radius 2 is 2.00 bits per heavy atom. The minimum absolute atomic E-state index is 0.182. The normalized spacial score (nSPS) is 17.6. The van der Waals surface area contributed by atoms with Gasteiger partial charge in [0.2, 0.25) is 0 Å².